The summed E-state index contributed by atoms with van der Waals surface area (Å²) in [5, 5.41) is 6.18. The van der Waals surface area contributed by atoms with Crippen LogP contribution in [0.25, 0.3) is 0 Å². The molecule has 2 aromatic carbocycles. The van der Waals surface area contributed by atoms with Gasteiger partial charge in [0.05, 0.1) is 17.4 Å². The van der Waals surface area contributed by atoms with Crippen LogP contribution in [0.4, 0.5) is 20.6 Å². The lowest BCUT2D eigenvalue weighted by Crippen LogP contribution is -2.53. The van der Waals surface area contributed by atoms with Gasteiger partial charge in [0.15, 0.2) is 5.83 Å². The molecule has 2 unspecified atom stereocenters. The first-order chi connectivity index (χ1) is 21.4. The third-order valence-electron chi connectivity index (χ3n) is 8.42. The first-order valence-electron chi connectivity index (χ1n) is 14.9. The zero-order valence-corrected chi connectivity index (χ0v) is 25.0. The van der Waals surface area contributed by atoms with Crippen molar-refractivity contribution in [3.8, 4) is 11.5 Å². The molecular weight excluding hydrogens is 581 g/mol. The molecule has 1 saturated carbocycles. The summed E-state index contributed by atoms with van der Waals surface area (Å²) < 4.78 is 20.4. The molecular formula is C33H32FN5O4S. The van der Waals surface area contributed by atoms with Crippen molar-refractivity contribution in [2.24, 2.45) is 5.92 Å². The summed E-state index contributed by atoms with van der Waals surface area (Å²) in [6.45, 7) is 2.63. The Bertz CT molecular complexity index is 1660. The molecule has 44 heavy (non-hydrogen) atoms. The molecule has 1 aliphatic carbocycles. The normalized spacial score (nSPS) is 22.7. The molecule has 4 amide bonds. The number of hydrogen-bond acceptors (Lipinski definition) is 6. The molecule has 0 bridgehead atoms. The minimum atomic E-state index is -0.706. The molecule has 3 aromatic rings. The highest BCUT2D eigenvalue weighted by molar-refractivity contribution is 8.01. The molecule has 1 saturated heterocycles. The molecule has 2 fully saturated rings. The van der Waals surface area contributed by atoms with E-state index in [-0.39, 0.29) is 30.4 Å². The molecule has 4 aliphatic rings. The van der Waals surface area contributed by atoms with Gasteiger partial charge in [-0.05, 0) is 86.6 Å². The number of anilines is 2. The Hall–Kier alpha value is -4.38. The van der Waals surface area contributed by atoms with Gasteiger partial charge in [-0.25, -0.2) is 14.2 Å². The number of nitrogens with zero attached hydrogens (tertiary/aromatic N) is 3. The summed E-state index contributed by atoms with van der Waals surface area (Å²) >= 11 is 1.32. The Morgan fingerprint density at radius 1 is 1.09 bits per heavy atom. The van der Waals surface area contributed by atoms with Crippen LogP contribution in [0.1, 0.15) is 42.9 Å². The van der Waals surface area contributed by atoms with Gasteiger partial charge in [0.2, 0.25) is 5.91 Å². The highest BCUT2D eigenvalue weighted by Gasteiger charge is 2.47. The van der Waals surface area contributed by atoms with Gasteiger partial charge in [-0.1, -0.05) is 30.0 Å². The Labute approximate surface area is 258 Å². The minimum absolute atomic E-state index is 0.164. The van der Waals surface area contributed by atoms with Crippen molar-refractivity contribution < 1.29 is 23.5 Å². The molecule has 7 rings (SSSR count). The van der Waals surface area contributed by atoms with E-state index in [0.29, 0.717) is 41.5 Å². The third kappa shape index (κ3) is 5.52. The quantitative estimate of drug-likeness (QED) is 0.320. The fraction of sp³-hybridized carbons (Fsp3) is 0.333. The predicted octanol–water partition coefficient (Wildman–Crippen LogP) is 5.93. The van der Waals surface area contributed by atoms with Gasteiger partial charge in [0.25, 0.3) is 5.91 Å². The van der Waals surface area contributed by atoms with Gasteiger partial charge in [0, 0.05) is 30.9 Å². The largest absolute Gasteiger partial charge is 0.457 e. The van der Waals surface area contributed by atoms with Crippen molar-refractivity contribution in [1.82, 2.24) is 20.5 Å². The van der Waals surface area contributed by atoms with Gasteiger partial charge in [-0.3, -0.25) is 14.5 Å². The van der Waals surface area contributed by atoms with E-state index in [4.69, 9.17) is 4.74 Å². The highest BCUT2D eigenvalue weighted by atomic mass is 32.2. The smallest absolute Gasteiger partial charge is 0.327 e. The number of halogens is 1. The number of piperidine rings is 1. The molecule has 4 heterocycles. The van der Waals surface area contributed by atoms with Crippen molar-refractivity contribution in [3.63, 3.8) is 0 Å². The number of hydrogen-bond donors (Lipinski definition) is 2. The fourth-order valence-corrected chi connectivity index (χ4v) is 7.32. The molecule has 226 valence electrons. The number of rotatable bonds is 7. The van der Waals surface area contributed by atoms with Gasteiger partial charge >= 0.3 is 6.03 Å². The van der Waals surface area contributed by atoms with Crippen LogP contribution >= 0.6 is 11.8 Å². The molecule has 3 atom stereocenters. The Morgan fingerprint density at radius 3 is 2.68 bits per heavy atom. The van der Waals surface area contributed by atoms with E-state index >= 15 is 0 Å². The van der Waals surface area contributed by atoms with Crippen molar-refractivity contribution in [3.05, 3.63) is 83.8 Å². The van der Waals surface area contributed by atoms with Gasteiger partial charge in [-0.2, -0.15) is 0 Å². The van der Waals surface area contributed by atoms with Crippen molar-refractivity contribution in [1.29, 1.82) is 0 Å². The standard InChI is InChI=1S/C33H32FN5O4S/c1-19-16-23(43-22-7-3-2-4-8-22)11-12-25(19)39-26-13-14-35-31-27(26)28(37-33(39)42)29(44-31)30(40)36-21-6-5-15-38(18-21)32(41)24(34)17-20-9-10-20/h2-4,7-8,11-14,16-17,20-21,28-29H,5-6,9-10,15,18H2,1H3,(H,36,40)(H,37,42)/b24-17-/t21?,28?,29-/m1/s1. The average molecular weight is 614 g/mol. The average Bonchev–Trinajstić information content (AvgIpc) is 3.76. The van der Waals surface area contributed by atoms with Gasteiger partial charge in [-0.15, -0.1) is 0 Å². The number of ether oxygens (including phenoxy) is 1. The maximum Gasteiger partial charge on any atom is 0.327 e. The van der Waals surface area contributed by atoms with Crippen LogP contribution in [-0.4, -0.2) is 52.1 Å². The number of aryl methyl sites for hydroxylation is 1. The molecule has 9 nitrogen and oxygen atoms in total. The third-order valence-corrected chi connectivity index (χ3v) is 9.70. The van der Waals surface area contributed by atoms with Crippen LogP contribution in [0, 0.1) is 12.8 Å². The Morgan fingerprint density at radius 2 is 1.91 bits per heavy atom. The second-order valence-electron chi connectivity index (χ2n) is 11.7. The molecule has 1 aromatic heterocycles. The van der Waals surface area contributed by atoms with E-state index in [1.807, 2.05) is 55.5 Å². The van der Waals surface area contributed by atoms with Crippen molar-refractivity contribution in [2.75, 3.05) is 18.0 Å². The summed E-state index contributed by atoms with van der Waals surface area (Å²) in [7, 11) is 0. The lowest BCUT2D eigenvalue weighted by molar-refractivity contribution is -0.131. The first kappa shape index (κ1) is 28.4. The van der Waals surface area contributed by atoms with E-state index in [1.54, 1.807) is 17.2 Å². The number of likely N-dealkylation sites (tertiary alicyclic amines) is 1. The second kappa shape index (κ2) is 11.6. The number of carbonyl (C=O) groups is 3. The maximum absolute atomic E-state index is 14.4. The van der Waals surface area contributed by atoms with Gasteiger partial charge < -0.3 is 20.3 Å². The number of carbonyl (C=O) groups excluding carboxylic acids is 3. The monoisotopic (exact) mass is 613 g/mol. The second-order valence-corrected chi connectivity index (χ2v) is 12.8. The number of urea groups is 1. The van der Waals surface area contributed by atoms with Crippen LogP contribution < -0.4 is 20.3 Å². The fourth-order valence-electron chi connectivity index (χ4n) is 6.09. The molecule has 0 spiro atoms. The van der Waals surface area contributed by atoms with Crippen LogP contribution in [-0.2, 0) is 9.59 Å². The number of allylic oxidation sites excluding steroid dienone is 1. The van der Waals surface area contributed by atoms with E-state index in [2.05, 4.69) is 15.6 Å². The SMILES string of the molecule is Cc1cc(Oc2ccccc2)ccc1N1C(=O)NC2c3c1ccnc3S[C@H]2C(=O)NC1CCCN(C(=O)/C(F)=C/C2CC2)C1. The Kier molecular flexibility index (Phi) is 7.49. The van der Waals surface area contributed by atoms with Crippen LogP contribution in [0.2, 0.25) is 0 Å². The summed E-state index contributed by atoms with van der Waals surface area (Å²) in [4.78, 5) is 47.5. The Balaban J connectivity index is 1.07. The van der Waals surface area contributed by atoms with Crippen LogP contribution in [0.3, 0.4) is 0 Å². The van der Waals surface area contributed by atoms with Crippen LogP contribution in [0.5, 0.6) is 11.5 Å². The lowest BCUT2D eigenvalue weighted by atomic mass is 9.98. The summed E-state index contributed by atoms with van der Waals surface area (Å²) in [6.07, 6.45) is 6.27. The number of thioether (sulfide) groups is 1. The minimum Gasteiger partial charge on any atom is -0.457 e. The van der Waals surface area contributed by atoms with Crippen molar-refractivity contribution >= 4 is 41.0 Å². The zero-order valence-electron chi connectivity index (χ0n) is 24.2. The van der Waals surface area contributed by atoms with E-state index in [1.165, 1.54) is 22.7 Å². The molecule has 2 N–H and O–H groups in total. The van der Waals surface area contributed by atoms with Crippen molar-refractivity contribution in [2.45, 2.75) is 55.0 Å². The number of benzene rings is 2. The molecule has 0 radical (unpaired) electrons. The summed E-state index contributed by atoms with van der Waals surface area (Å²) in [5.74, 6) is -0.0203. The predicted molar refractivity (Wildman–Crippen MR) is 165 cm³/mol. The number of pyridine rings is 1. The number of aromatic nitrogens is 1. The summed E-state index contributed by atoms with van der Waals surface area (Å²) in [5.41, 5.74) is 3.02. The topological polar surface area (TPSA) is 104 Å². The maximum atomic E-state index is 14.4. The molecule has 3 aliphatic heterocycles. The zero-order chi connectivity index (χ0) is 30.4. The highest BCUT2D eigenvalue weighted by Crippen LogP contribution is 2.51. The first-order valence-corrected chi connectivity index (χ1v) is 15.8. The number of para-hydroxylation sites is 1. The van der Waals surface area contributed by atoms with E-state index < -0.39 is 23.0 Å². The lowest BCUT2D eigenvalue weighted by Gasteiger charge is -2.36. The number of nitrogens with one attached hydrogen (secondary N) is 2. The molecule has 11 heteroatoms. The van der Waals surface area contributed by atoms with Gasteiger partial charge in [0.1, 0.15) is 21.8 Å². The van der Waals surface area contributed by atoms with E-state index in [0.717, 1.165) is 29.7 Å². The van der Waals surface area contributed by atoms with Crippen LogP contribution in [0.15, 0.2) is 77.7 Å². The van der Waals surface area contributed by atoms with E-state index in [9.17, 15) is 18.8 Å². The number of amides is 4. The summed E-state index contributed by atoms with van der Waals surface area (Å²) in [6, 6.07) is 15.6.